The molecule has 0 radical (unpaired) electrons. The lowest BCUT2D eigenvalue weighted by molar-refractivity contribution is 0.0985. The fourth-order valence-electron chi connectivity index (χ4n) is 1.60. The van der Waals surface area contributed by atoms with Crippen molar-refractivity contribution in [2.24, 2.45) is 0 Å². The molecular formula is C13H12O3. The number of benzene rings is 1. The van der Waals surface area contributed by atoms with Gasteiger partial charge in [0.15, 0.2) is 5.78 Å². The zero-order valence-electron chi connectivity index (χ0n) is 9.24. The summed E-state index contributed by atoms with van der Waals surface area (Å²) in [7, 11) is 0. The van der Waals surface area contributed by atoms with E-state index in [-0.39, 0.29) is 11.3 Å². The standard InChI is InChI=1S/C13H12O3/c1-3-11(14)10-7-9-5-4-8(2)6-12(9)16-13(10)15/h4-7H,3H2,1-2H3. The Labute approximate surface area is 92.7 Å². The van der Waals surface area contributed by atoms with Crippen LogP contribution in [0.5, 0.6) is 0 Å². The summed E-state index contributed by atoms with van der Waals surface area (Å²) in [4.78, 5) is 23.0. The molecule has 0 fully saturated rings. The summed E-state index contributed by atoms with van der Waals surface area (Å²) in [6.07, 6.45) is 0.308. The molecule has 2 rings (SSSR count). The molecule has 0 spiro atoms. The highest BCUT2D eigenvalue weighted by molar-refractivity contribution is 5.98. The van der Waals surface area contributed by atoms with Crippen molar-refractivity contribution in [2.75, 3.05) is 0 Å². The average Bonchev–Trinajstić information content (AvgIpc) is 2.27. The van der Waals surface area contributed by atoms with Crippen molar-refractivity contribution in [3.8, 4) is 0 Å². The van der Waals surface area contributed by atoms with Gasteiger partial charge in [0.05, 0.1) is 0 Å². The summed E-state index contributed by atoms with van der Waals surface area (Å²) < 4.78 is 5.12. The number of ketones is 1. The van der Waals surface area contributed by atoms with Gasteiger partial charge < -0.3 is 4.42 Å². The monoisotopic (exact) mass is 216 g/mol. The highest BCUT2D eigenvalue weighted by atomic mass is 16.4. The minimum Gasteiger partial charge on any atom is -0.422 e. The molecule has 1 heterocycles. The number of hydrogen-bond donors (Lipinski definition) is 0. The maximum absolute atomic E-state index is 11.6. The zero-order valence-corrected chi connectivity index (χ0v) is 9.24. The second-order valence-corrected chi connectivity index (χ2v) is 3.77. The third-order valence-electron chi connectivity index (χ3n) is 2.51. The number of Topliss-reactive ketones (excluding diaryl/α,β-unsaturated/α-hetero) is 1. The van der Waals surface area contributed by atoms with Gasteiger partial charge in [-0.1, -0.05) is 19.1 Å². The zero-order chi connectivity index (χ0) is 11.7. The van der Waals surface area contributed by atoms with E-state index < -0.39 is 5.63 Å². The summed E-state index contributed by atoms with van der Waals surface area (Å²) in [5.74, 6) is -0.184. The van der Waals surface area contributed by atoms with E-state index in [4.69, 9.17) is 4.42 Å². The van der Waals surface area contributed by atoms with E-state index in [1.807, 2.05) is 19.1 Å². The minimum atomic E-state index is -0.551. The number of rotatable bonds is 2. The molecule has 82 valence electrons. The molecule has 1 aromatic heterocycles. The largest absolute Gasteiger partial charge is 0.422 e. The third kappa shape index (κ3) is 1.76. The summed E-state index contributed by atoms with van der Waals surface area (Å²) in [6.45, 7) is 3.64. The Morgan fingerprint density at radius 3 is 2.75 bits per heavy atom. The van der Waals surface area contributed by atoms with Crippen LogP contribution >= 0.6 is 0 Å². The quantitative estimate of drug-likeness (QED) is 0.572. The topological polar surface area (TPSA) is 47.3 Å². The normalized spacial score (nSPS) is 10.6. The van der Waals surface area contributed by atoms with Crippen LogP contribution in [0.25, 0.3) is 11.0 Å². The third-order valence-corrected chi connectivity index (χ3v) is 2.51. The van der Waals surface area contributed by atoms with Crippen LogP contribution in [-0.2, 0) is 0 Å². The molecule has 0 saturated carbocycles. The van der Waals surface area contributed by atoms with Gasteiger partial charge in [0.25, 0.3) is 0 Å². The van der Waals surface area contributed by atoms with Crippen molar-refractivity contribution in [3.05, 3.63) is 45.8 Å². The highest BCUT2D eigenvalue weighted by Gasteiger charge is 2.11. The maximum atomic E-state index is 11.6. The van der Waals surface area contributed by atoms with Crippen LogP contribution < -0.4 is 5.63 Å². The van der Waals surface area contributed by atoms with E-state index in [9.17, 15) is 9.59 Å². The van der Waals surface area contributed by atoms with Gasteiger partial charge in [-0.3, -0.25) is 4.79 Å². The Balaban J connectivity index is 2.72. The van der Waals surface area contributed by atoms with Crippen LogP contribution in [0.15, 0.2) is 33.5 Å². The molecule has 0 aliphatic rings. The molecule has 0 aliphatic carbocycles. The fourth-order valence-corrected chi connectivity index (χ4v) is 1.60. The maximum Gasteiger partial charge on any atom is 0.347 e. The van der Waals surface area contributed by atoms with Crippen molar-refractivity contribution < 1.29 is 9.21 Å². The van der Waals surface area contributed by atoms with E-state index in [2.05, 4.69) is 0 Å². The predicted molar refractivity (Wildman–Crippen MR) is 61.8 cm³/mol. The molecule has 0 N–H and O–H groups in total. The molecule has 0 unspecified atom stereocenters. The van der Waals surface area contributed by atoms with Crippen LogP contribution in [0, 0.1) is 6.92 Å². The second kappa shape index (κ2) is 3.93. The molecule has 0 aliphatic heterocycles. The van der Waals surface area contributed by atoms with Gasteiger partial charge >= 0.3 is 5.63 Å². The van der Waals surface area contributed by atoms with Gasteiger partial charge in [0, 0.05) is 11.8 Å². The van der Waals surface area contributed by atoms with Gasteiger partial charge in [-0.2, -0.15) is 0 Å². The van der Waals surface area contributed by atoms with Crippen molar-refractivity contribution in [1.82, 2.24) is 0 Å². The Bertz CT molecular complexity index is 608. The van der Waals surface area contributed by atoms with Crippen LogP contribution in [0.3, 0.4) is 0 Å². The Kier molecular flexibility index (Phi) is 2.60. The number of carbonyl (C=O) groups is 1. The fraction of sp³-hybridized carbons (Fsp3) is 0.231. The number of carbonyl (C=O) groups excluding carboxylic acids is 1. The minimum absolute atomic E-state index is 0.138. The van der Waals surface area contributed by atoms with Crippen LogP contribution in [0.2, 0.25) is 0 Å². The van der Waals surface area contributed by atoms with E-state index in [1.165, 1.54) is 0 Å². The Morgan fingerprint density at radius 2 is 2.06 bits per heavy atom. The molecule has 1 aromatic carbocycles. The van der Waals surface area contributed by atoms with Gasteiger partial charge in [-0.15, -0.1) is 0 Å². The molecular weight excluding hydrogens is 204 g/mol. The number of hydrogen-bond acceptors (Lipinski definition) is 3. The summed E-state index contributed by atoms with van der Waals surface area (Å²) in [6, 6.07) is 7.16. The van der Waals surface area contributed by atoms with Crippen molar-refractivity contribution in [3.63, 3.8) is 0 Å². The van der Waals surface area contributed by atoms with Crippen LogP contribution in [0.1, 0.15) is 29.3 Å². The first-order valence-corrected chi connectivity index (χ1v) is 5.19. The van der Waals surface area contributed by atoms with Gasteiger partial charge in [-0.05, 0) is 24.6 Å². The molecule has 3 nitrogen and oxygen atoms in total. The SMILES string of the molecule is CCC(=O)c1cc2ccc(C)cc2oc1=O. The summed E-state index contributed by atoms with van der Waals surface area (Å²) in [5.41, 5.74) is 1.13. The van der Waals surface area contributed by atoms with Crippen molar-refractivity contribution in [2.45, 2.75) is 20.3 Å². The van der Waals surface area contributed by atoms with Crippen LogP contribution in [0.4, 0.5) is 0 Å². The molecule has 0 saturated heterocycles. The van der Waals surface area contributed by atoms with Gasteiger partial charge in [0.2, 0.25) is 0 Å². The first-order chi connectivity index (χ1) is 7.61. The first kappa shape index (κ1) is 10.6. The molecule has 0 atom stereocenters. The molecule has 0 bridgehead atoms. The van der Waals surface area contributed by atoms with Gasteiger partial charge in [0.1, 0.15) is 11.1 Å². The van der Waals surface area contributed by atoms with E-state index in [0.29, 0.717) is 12.0 Å². The molecule has 2 aromatic rings. The smallest absolute Gasteiger partial charge is 0.347 e. The van der Waals surface area contributed by atoms with Gasteiger partial charge in [-0.25, -0.2) is 4.79 Å². The lowest BCUT2D eigenvalue weighted by atomic mass is 10.1. The van der Waals surface area contributed by atoms with Crippen molar-refractivity contribution >= 4 is 16.8 Å². The molecule has 16 heavy (non-hydrogen) atoms. The summed E-state index contributed by atoms with van der Waals surface area (Å²) >= 11 is 0. The van der Waals surface area contributed by atoms with Crippen LogP contribution in [-0.4, -0.2) is 5.78 Å². The number of fused-ring (bicyclic) bond motifs is 1. The van der Waals surface area contributed by atoms with E-state index in [1.54, 1.807) is 19.1 Å². The molecule has 3 heteroatoms. The Morgan fingerprint density at radius 1 is 1.31 bits per heavy atom. The lowest BCUT2D eigenvalue weighted by Crippen LogP contribution is -2.12. The average molecular weight is 216 g/mol. The second-order valence-electron chi connectivity index (χ2n) is 3.77. The molecule has 0 amide bonds. The lowest BCUT2D eigenvalue weighted by Gasteiger charge is -2.00. The van der Waals surface area contributed by atoms with E-state index >= 15 is 0 Å². The summed E-state index contributed by atoms with van der Waals surface area (Å²) in [5, 5.41) is 0.780. The number of aryl methyl sites for hydroxylation is 1. The highest BCUT2D eigenvalue weighted by Crippen LogP contribution is 2.15. The first-order valence-electron chi connectivity index (χ1n) is 5.19. The Hall–Kier alpha value is -1.90. The van der Waals surface area contributed by atoms with Crippen molar-refractivity contribution in [1.29, 1.82) is 0 Å². The predicted octanol–water partition coefficient (Wildman–Crippen LogP) is 2.69. The van der Waals surface area contributed by atoms with E-state index in [0.717, 1.165) is 10.9 Å².